The zero-order chi connectivity index (χ0) is 25.6. The van der Waals surface area contributed by atoms with Crippen LogP contribution in [0.5, 0.6) is 0 Å². The van der Waals surface area contributed by atoms with Crippen LogP contribution < -0.4 is 0 Å². The lowest BCUT2D eigenvalue weighted by molar-refractivity contribution is 0.569. The molecule has 6 aromatic rings. The lowest BCUT2D eigenvalue weighted by atomic mass is 9.94. The molecule has 0 aliphatic heterocycles. The Morgan fingerprint density at radius 2 is 0.632 bits per heavy atom. The lowest BCUT2D eigenvalue weighted by Gasteiger charge is -2.25. The highest BCUT2D eigenvalue weighted by Gasteiger charge is 2.27. The van der Waals surface area contributed by atoms with Crippen LogP contribution in [0.2, 0.25) is 0 Å². The van der Waals surface area contributed by atoms with Gasteiger partial charge in [0.1, 0.15) is 12.1 Å². The quantitative estimate of drug-likeness (QED) is 0.191. The van der Waals surface area contributed by atoms with Gasteiger partial charge in [-0.1, -0.05) is 60.7 Å². The summed E-state index contributed by atoms with van der Waals surface area (Å²) in [7, 11) is 0. The summed E-state index contributed by atoms with van der Waals surface area (Å²) in [6.07, 6.45) is 16.2. The van der Waals surface area contributed by atoms with Gasteiger partial charge in [0.15, 0.2) is 0 Å². The van der Waals surface area contributed by atoms with Crippen molar-refractivity contribution in [2.75, 3.05) is 0 Å². The predicted octanol–water partition coefficient (Wildman–Crippen LogP) is 6.58. The van der Waals surface area contributed by atoms with E-state index in [1.54, 1.807) is 0 Å². The van der Waals surface area contributed by atoms with Crippen molar-refractivity contribution in [1.29, 1.82) is 0 Å². The van der Waals surface area contributed by atoms with E-state index in [9.17, 15) is 0 Å². The van der Waals surface area contributed by atoms with E-state index >= 15 is 0 Å². The largest absolute Gasteiger partial charge is 0.294 e. The van der Waals surface area contributed by atoms with Crippen molar-refractivity contribution in [3.63, 3.8) is 0 Å². The fourth-order valence-corrected chi connectivity index (χ4v) is 4.61. The fraction of sp³-hybridized carbons (Fsp3) is 0.0625. The monoisotopic (exact) mass is 496 g/mol. The molecule has 0 bridgehead atoms. The lowest BCUT2D eigenvalue weighted by Crippen LogP contribution is -2.24. The Bertz CT molecular complexity index is 1380. The number of hydrogen-bond acceptors (Lipinski definition) is 2. The Morgan fingerprint density at radius 1 is 0.368 bits per heavy atom. The molecule has 0 aliphatic rings. The molecular weight excluding hydrogens is 468 g/mol. The summed E-state index contributed by atoms with van der Waals surface area (Å²) in [4.78, 5) is 10.9. The van der Waals surface area contributed by atoms with Crippen molar-refractivity contribution in [3.05, 3.63) is 170 Å². The number of benzene rings is 2. The average Bonchev–Trinajstić information content (AvgIpc) is 3.79. The Hall–Kier alpha value is -5.10. The molecule has 0 amide bonds. The molecule has 4 heterocycles. The first kappa shape index (κ1) is 23.3. The summed E-state index contributed by atoms with van der Waals surface area (Å²) in [5, 5.41) is 0. The fourth-order valence-electron chi connectivity index (χ4n) is 4.61. The van der Waals surface area contributed by atoms with Gasteiger partial charge in [-0.25, -0.2) is 9.98 Å². The van der Waals surface area contributed by atoms with Crippen molar-refractivity contribution in [3.8, 4) is 0 Å². The molecule has 0 radical (unpaired) electrons. The zero-order valence-electron chi connectivity index (χ0n) is 20.8. The van der Waals surface area contributed by atoms with E-state index in [2.05, 4.69) is 48.5 Å². The molecule has 6 rings (SSSR count). The van der Waals surface area contributed by atoms with Gasteiger partial charge in [0.2, 0.25) is 11.9 Å². The molecule has 2 aromatic carbocycles. The minimum absolute atomic E-state index is 0.306. The second-order valence-electron chi connectivity index (χ2n) is 8.93. The normalized spacial score (nSPS) is 12.5. The Kier molecular flexibility index (Phi) is 6.68. The summed E-state index contributed by atoms with van der Waals surface area (Å²) >= 11 is 0. The van der Waals surface area contributed by atoms with Gasteiger partial charge in [0.05, 0.1) is 0 Å². The first-order valence-electron chi connectivity index (χ1n) is 12.7. The van der Waals surface area contributed by atoms with Crippen LogP contribution in [-0.2, 0) is 0 Å². The smallest absolute Gasteiger partial charge is 0.213 e. The summed E-state index contributed by atoms with van der Waals surface area (Å²) < 4.78 is 8.17. The van der Waals surface area contributed by atoms with Crippen molar-refractivity contribution in [1.82, 2.24) is 18.3 Å². The Balaban J connectivity index is 1.59. The molecule has 6 nitrogen and oxygen atoms in total. The van der Waals surface area contributed by atoms with Crippen LogP contribution in [0.4, 0.5) is 0 Å². The van der Waals surface area contributed by atoms with Gasteiger partial charge in [-0.2, -0.15) is 0 Å². The first-order valence-corrected chi connectivity index (χ1v) is 12.7. The number of rotatable bonds is 5. The van der Waals surface area contributed by atoms with E-state index in [4.69, 9.17) is 9.98 Å². The molecule has 0 aliphatic carbocycles. The molecule has 0 N–H and O–H groups in total. The molecule has 2 atom stereocenters. The van der Waals surface area contributed by atoms with Gasteiger partial charge >= 0.3 is 0 Å². The van der Waals surface area contributed by atoms with Gasteiger partial charge in [-0.05, 0) is 59.7 Å². The molecule has 6 heteroatoms. The number of aliphatic imine (C=N–C) groups is 2. The average molecular weight is 497 g/mol. The van der Waals surface area contributed by atoms with Crippen molar-refractivity contribution < 1.29 is 0 Å². The third-order valence-corrected chi connectivity index (χ3v) is 6.43. The van der Waals surface area contributed by atoms with Gasteiger partial charge < -0.3 is 0 Å². The summed E-state index contributed by atoms with van der Waals surface area (Å²) in [6.45, 7) is 0. The van der Waals surface area contributed by atoms with Crippen molar-refractivity contribution in [2.24, 2.45) is 9.98 Å². The van der Waals surface area contributed by atoms with E-state index in [1.807, 2.05) is 129 Å². The molecular formula is C32H28N6. The van der Waals surface area contributed by atoms with Crippen LogP contribution in [0.3, 0.4) is 0 Å². The molecule has 0 unspecified atom stereocenters. The predicted molar refractivity (Wildman–Crippen MR) is 153 cm³/mol. The second kappa shape index (κ2) is 10.9. The second-order valence-corrected chi connectivity index (χ2v) is 8.93. The maximum absolute atomic E-state index is 5.44. The van der Waals surface area contributed by atoms with Crippen LogP contribution in [0, 0.1) is 0 Å². The van der Waals surface area contributed by atoms with Gasteiger partial charge in [-0.3, -0.25) is 18.3 Å². The molecule has 4 aromatic heterocycles. The van der Waals surface area contributed by atoms with E-state index < -0.39 is 0 Å². The standard InChI is InChI=1S/C32H28N6/c1-3-15-27(16-4-1)29(33-31(35-19-7-8-20-35)36-21-9-10-22-36)30(28-17-5-2-6-18-28)34-32(37-23-11-12-24-37)38-25-13-14-26-38/h1-26,29-30H/t29-,30-/m1/s1. The van der Waals surface area contributed by atoms with E-state index in [0.29, 0.717) is 0 Å². The van der Waals surface area contributed by atoms with Gasteiger partial charge in [0, 0.05) is 49.6 Å². The van der Waals surface area contributed by atoms with E-state index in [0.717, 1.165) is 23.0 Å². The van der Waals surface area contributed by atoms with Crippen LogP contribution in [-0.4, -0.2) is 30.2 Å². The highest BCUT2D eigenvalue weighted by molar-refractivity contribution is 5.86. The van der Waals surface area contributed by atoms with E-state index in [-0.39, 0.29) is 12.1 Å². The van der Waals surface area contributed by atoms with E-state index in [1.165, 1.54) is 0 Å². The third-order valence-electron chi connectivity index (χ3n) is 6.43. The zero-order valence-corrected chi connectivity index (χ0v) is 20.8. The Labute approximate surface area is 222 Å². The highest BCUT2D eigenvalue weighted by Crippen LogP contribution is 2.36. The van der Waals surface area contributed by atoms with Crippen molar-refractivity contribution in [2.45, 2.75) is 12.1 Å². The molecule has 0 spiro atoms. The van der Waals surface area contributed by atoms with Crippen LogP contribution >= 0.6 is 0 Å². The molecule has 0 saturated carbocycles. The number of nitrogens with zero attached hydrogens (tertiary/aromatic N) is 6. The SMILES string of the molecule is c1ccc([C@@H](N=C(n2cccc2)n2cccc2)[C@H](N=C(n2cccc2)n2cccc2)c2ccccc2)cc1. The van der Waals surface area contributed by atoms with Crippen LogP contribution in [0.25, 0.3) is 0 Å². The number of hydrogen-bond donors (Lipinski definition) is 0. The third kappa shape index (κ3) is 4.92. The van der Waals surface area contributed by atoms with Gasteiger partial charge in [0.25, 0.3) is 0 Å². The molecule has 38 heavy (non-hydrogen) atoms. The summed E-state index contributed by atoms with van der Waals surface area (Å²) in [6, 6.07) is 36.4. The maximum Gasteiger partial charge on any atom is 0.213 e. The molecule has 186 valence electrons. The van der Waals surface area contributed by atoms with Crippen LogP contribution in [0.1, 0.15) is 23.2 Å². The number of aromatic nitrogens is 4. The molecule has 0 saturated heterocycles. The minimum Gasteiger partial charge on any atom is -0.294 e. The first-order chi connectivity index (χ1) is 18.9. The molecule has 0 fully saturated rings. The topological polar surface area (TPSA) is 44.4 Å². The van der Waals surface area contributed by atoms with Crippen LogP contribution in [0.15, 0.2) is 169 Å². The summed E-state index contributed by atoms with van der Waals surface area (Å²) in [5.74, 6) is 1.60. The summed E-state index contributed by atoms with van der Waals surface area (Å²) in [5.41, 5.74) is 2.17. The maximum atomic E-state index is 5.44. The minimum atomic E-state index is -0.306. The van der Waals surface area contributed by atoms with Gasteiger partial charge in [-0.15, -0.1) is 0 Å². The Morgan fingerprint density at radius 3 is 0.895 bits per heavy atom. The van der Waals surface area contributed by atoms with Crippen molar-refractivity contribution >= 4 is 11.9 Å². The highest BCUT2D eigenvalue weighted by atomic mass is 15.3.